The zero-order chi connectivity index (χ0) is 18.6. The van der Waals surface area contributed by atoms with Gasteiger partial charge in [0, 0.05) is 27.6 Å². The Bertz CT molecular complexity index is 782. The highest BCUT2D eigenvalue weighted by molar-refractivity contribution is 14.1. The zero-order valence-electron chi connectivity index (χ0n) is 14.8. The molecule has 1 aromatic heterocycles. The van der Waals surface area contributed by atoms with Crippen molar-refractivity contribution >= 4 is 34.3 Å². The Labute approximate surface area is 161 Å². The van der Waals surface area contributed by atoms with E-state index < -0.39 is 5.97 Å². The largest absolute Gasteiger partial charge is 0.454 e. The molecule has 1 unspecified atom stereocenters. The van der Waals surface area contributed by atoms with Gasteiger partial charge in [-0.25, -0.2) is 4.79 Å². The van der Waals surface area contributed by atoms with Gasteiger partial charge in [-0.05, 0) is 61.6 Å². The molecule has 2 rings (SSSR count). The normalized spacial score (nSPS) is 12.0. The first-order valence-electron chi connectivity index (χ1n) is 7.99. The lowest BCUT2D eigenvalue weighted by Gasteiger charge is -2.17. The van der Waals surface area contributed by atoms with Crippen molar-refractivity contribution in [3.05, 3.63) is 56.4 Å². The predicted molar refractivity (Wildman–Crippen MR) is 104 cm³/mol. The van der Waals surface area contributed by atoms with Crippen LogP contribution in [-0.2, 0) is 9.47 Å². The second-order valence-corrected chi connectivity index (χ2v) is 7.10. The number of nitrogens with zero attached hydrogens (tertiary/aromatic N) is 1. The molecule has 0 aliphatic heterocycles. The standard InChI is InChI=1S/C19H22INO4/c1-12-9-16(14(3)21(12)13(2)10-24-4)18(22)11-25-19(23)15-7-5-6-8-17(15)20/h5-9,13H,10-11H2,1-4H3. The zero-order valence-corrected chi connectivity index (χ0v) is 17.0. The summed E-state index contributed by atoms with van der Waals surface area (Å²) in [7, 11) is 1.65. The third kappa shape index (κ3) is 4.49. The van der Waals surface area contributed by atoms with Gasteiger partial charge in [-0.3, -0.25) is 4.79 Å². The Balaban J connectivity index is 2.10. The van der Waals surface area contributed by atoms with Crippen molar-refractivity contribution in [1.29, 1.82) is 0 Å². The van der Waals surface area contributed by atoms with Gasteiger partial charge < -0.3 is 14.0 Å². The summed E-state index contributed by atoms with van der Waals surface area (Å²) in [4.78, 5) is 24.7. The van der Waals surface area contributed by atoms with Crippen LogP contribution in [0.15, 0.2) is 30.3 Å². The molecular weight excluding hydrogens is 433 g/mol. The van der Waals surface area contributed by atoms with Gasteiger partial charge in [-0.1, -0.05) is 12.1 Å². The Morgan fingerprint density at radius 1 is 1.20 bits per heavy atom. The Morgan fingerprint density at radius 3 is 2.52 bits per heavy atom. The fourth-order valence-corrected chi connectivity index (χ4v) is 3.57. The molecule has 25 heavy (non-hydrogen) atoms. The van der Waals surface area contributed by atoms with Gasteiger partial charge in [0.2, 0.25) is 5.78 Å². The van der Waals surface area contributed by atoms with Crippen molar-refractivity contribution in [2.45, 2.75) is 26.8 Å². The van der Waals surface area contributed by atoms with Crippen LogP contribution in [0.5, 0.6) is 0 Å². The average Bonchev–Trinajstić information content (AvgIpc) is 2.87. The lowest BCUT2D eigenvalue weighted by atomic mass is 10.1. The molecule has 0 aliphatic carbocycles. The third-order valence-electron chi connectivity index (χ3n) is 4.06. The number of ether oxygens (including phenoxy) is 2. The molecule has 0 bridgehead atoms. The van der Waals surface area contributed by atoms with Gasteiger partial charge in [0.25, 0.3) is 0 Å². The summed E-state index contributed by atoms with van der Waals surface area (Å²) in [5.41, 5.74) is 2.89. The topological polar surface area (TPSA) is 57.5 Å². The first-order valence-corrected chi connectivity index (χ1v) is 9.06. The van der Waals surface area contributed by atoms with Crippen LogP contribution in [0.3, 0.4) is 0 Å². The molecule has 1 atom stereocenters. The highest BCUT2D eigenvalue weighted by Crippen LogP contribution is 2.21. The molecule has 0 saturated carbocycles. The number of hydrogen-bond donors (Lipinski definition) is 0. The molecular formula is C19H22INO4. The molecule has 1 aromatic carbocycles. The smallest absolute Gasteiger partial charge is 0.339 e. The summed E-state index contributed by atoms with van der Waals surface area (Å²) in [5, 5.41) is 0. The Morgan fingerprint density at radius 2 is 1.88 bits per heavy atom. The maximum absolute atomic E-state index is 12.5. The second-order valence-electron chi connectivity index (χ2n) is 5.94. The van der Waals surface area contributed by atoms with Crippen LogP contribution < -0.4 is 0 Å². The molecule has 134 valence electrons. The van der Waals surface area contributed by atoms with Gasteiger partial charge in [0.05, 0.1) is 18.2 Å². The van der Waals surface area contributed by atoms with E-state index in [9.17, 15) is 9.59 Å². The van der Waals surface area contributed by atoms with E-state index in [1.54, 1.807) is 19.2 Å². The second kappa shape index (κ2) is 8.62. The Kier molecular flexibility index (Phi) is 6.78. The monoisotopic (exact) mass is 455 g/mol. The van der Waals surface area contributed by atoms with Gasteiger partial charge >= 0.3 is 5.97 Å². The van der Waals surface area contributed by atoms with Crippen LogP contribution >= 0.6 is 22.6 Å². The molecule has 0 aliphatic rings. The minimum Gasteiger partial charge on any atom is -0.454 e. The number of esters is 1. The number of rotatable bonds is 7. The van der Waals surface area contributed by atoms with E-state index in [1.807, 2.05) is 39.0 Å². The van der Waals surface area contributed by atoms with Crippen LogP contribution in [0.1, 0.15) is 45.1 Å². The van der Waals surface area contributed by atoms with Crippen LogP contribution in [-0.4, -0.2) is 36.6 Å². The van der Waals surface area contributed by atoms with Crippen molar-refractivity contribution in [3.8, 4) is 0 Å². The van der Waals surface area contributed by atoms with Crippen LogP contribution in [0.4, 0.5) is 0 Å². The number of methoxy groups -OCH3 is 1. The number of aryl methyl sites for hydroxylation is 1. The highest BCUT2D eigenvalue weighted by Gasteiger charge is 2.20. The van der Waals surface area contributed by atoms with Gasteiger partial charge in [0.15, 0.2) is 6.61 Å². The maximum atomic E-state index is 12.5. The molecule has 0 fully saturated rings. The lowest BCUT2D eigenvalue weighted by molar-refractivity contribution is 0.0473. The van der Waals surface area contributed by atoms with E-state index in [4.69, 9.17) is 9.47 Å². The molecule has 0 N–H and O–H groups in total. The number of carbonyl (C=O) groups excluding carboxylic acids is 2. The molecule has 1 heterocycles. The van der Waals surface area contributed by atoms with E-state index in [0.717, 1.165) is 15.0 Å². The van der Waals surface area contributed by atoms with E-state index in [-0.39, 0.29) is 18.4 Å². The maximum Gasteiger partial charge on any atom is 0.339 e. The van der Waals surface area contributed by atoms with E-state index in [2.05, 4.69) is 27.2 Å². The number of Topliss-reactive ketones (excluding diaryl/α,β-unsaturated/α-hetero) is 1. The number of hydrogen-bond acceptors (Lipinski definition) is 4. The minimum absolute atomic E-state index is 0.125. The fraction of sp³-hybridized carbons (Fsp3) is 0.368. The lowest BCUT2D eigenvalue weighted by Crippen LogP contribution is -2.17. The highest BCUT2D eigenvalue weighted by atomic mass is 127. The quantitative estimate of drug-likeness (QED) is 0.361. The third-order valence-corrected chi connectivity index (χ3v) is 5.00. The first kappa shape index (κ1) is 19.7. The molecule has 0 amide bonds. The SMILES string of the molecule is COCC(C)n1c(C)cc(C(=O)COC(=O)c2ccccc2I)c1C. The van der Waals surface area contributed by atoms with Gasteiger partial charge in [0.1, 0.15) is 0 Å². The van der Waals surface area contributed by atoms with E-state index in [1.165, 1.54) is 0 Å². The molecule has 5 nitrogen and oxygen atoms in total. The minimum atomic E-state index is -0.486. The molecule has 2 aromatic rings. The first-order chi connectivity index (χ1) is 11.9. The number of halogens is 1. The summed E-state index contributed by atoms with van der Waals surface area (Å²) in [6.45, 7) is 6.18. The van der Waals surface area contributed by atoms with Crippen LogP contribution in [0.2, 0.25) is 0 Å². The van der Waals surface area contributed by atoms with Crippen LogP contribution in [0, 0.1) is 17.4 Å². The fourth-order valence-electron chi connectivity index (χ4n) is 2.97. The van der Waals surface area contributed by atoms with Crippen molar-refractivity contribution in [3.63, 3.8) is 0 Å². The van der Waals surface area contributed by atoms with Gasteiger partial charge in [-0.15, -0.1) is 0 Å². The summed E-state index contributed by atoms with van der Waals surface area (Å²) in [5.74, 6) is -0.692. The van der Waals surface area contributed by atoms with Gasteiger partial charge in [-0.2, -0.15) is 0 Å². The molecule has 0 radical (unpaired) electrons. The summed E-state index contributed by atoms with van der Waals surface area (Å²) >= 11 is 2.07. The molecule has 6 heteroatoms. The van der Waals surface area contributed by atoms with E-state index >= 15 is 0 Å². The summed E-state index contributed by atoms with van der Waals surface area (Å²) < 4.78 is 13.3. The predicted octanol–water partition coefficient (Wildman–Crippen LogP) is 3.96. The number of benzene rings is 1. The Hall–Kier alpha value is -1.67. The number of aromatic nitrogens is 1. The summed E-state index contributed by atoms with van der Waals surface area (Å²) in [6, 6.07) is 9.09. The van der Waals surface area contributed by atoms with Crippen molar-refractivity contribution in [1.82, 2.24) is 4.57 Å². The van der Waals surface area contributed by atoms with Crippen molar-refractivity contribution < 1.29 is 19.1 Å². The molecule has 0 saturated heterocycles. The summed E-state index contributed by atoms with van der Waals surface area (Å²) in [6.07, 6.45) is 0. The van der Waals surface area contributed by atoms with Crippen LogP contribution in [0.25, 0.3) is 0 Å². The van der Waals surface area contributed by atoms with Crippen molar-refractivity contribution in [2.24, 2.45) is 0 Å². The van der Waals surface area contributed by atoms with Crippen molar-refractivity contribution in [2.75, 3.05) is 20.3 Å². The van der Waals surface area contributed by atoms with E-state index in [0.29, 0.717) is 17.7 Å². The average molecular weight is 455 g/mol. The number of ketones is 1. The molecule has 0 spiro atoms. The number of carbonyl (C=O) groups is 2.